The Morgan fingerprint density at radius 1 is 0.931 bits per heavy atom. The van der Waals surface area contributed by atoms with E-state index >= 15 is 0 Å². The predicted molar refractivity (Wildman–Crippen MR) is 113 cm³/mol. The van der Waals surface area contributed by atoms with Gasteiger partial charge in [-0.25, -0.2) is 0 Å². The van der Waals surface area contributed by atoms with Gasteiger partial charge in [0.1, 0.15) is 0 Å². The zero-order valence-corrected chi connectivity index (χ0v) is 16.4. The lowest BCUT2D eigenvalue weighted by Crippen LogP contribution is -2.48. The van der Waals surface area contributed by atoms with Crippen LogP contribution in [0.4, 0.5) is 11.4 Å². The van der Waals surface area contributed by atoms with E-state index in [2.05, 4.69) is 10.2 Å². The molecule has 2 aromatic carbocycles. The van der Waals surface area contributed by atoms with Gasteiger partial charge in [-0.3, -0.25) is 9.59 Å². The number of halogens is 1. The molecule has 2 amide bonds. The Labute approximate surface area is 173 Å². The van der Waals surface area contributed by atoms with Crippen molar-refractivity contribution < 1.29 is 14.0 Å². The third kappa shape index (κ3) is 4.27. The highest BCUT2D eigenvalue weighted by molar-refractivity contribution is 6.33. The van der Waals surface area contributed by atoms with E-state index in [0.29, 0.717) is 42.5 Å². The van der Waals surface area contributed by atoms with Crippen molar-refractivity contribution in [3.8, 4) is 0 Å². The van der Waals surface area contributed by atoms with Crippen molar-refractivity contribution in [3.63, 3.8) is 0 Å². The van der Waals surface area contributed by atoms with Crippen LogP contribution in [0.15, 0.2) is 71.3 Å². The van der Waals surface area contributed by atoms with Crippen LogP contribution in [0.5, 0.6) is 0 Å². The molecule has 1 N–H and O–H groups in total. The SMILES string of the molecule is O=C(Nc1cccc(C(=O)N2CCN(c3ccccc3Cl)CC2)c1)c1ccco1. The molecule has 1 saturated heterocycles. The van der Waals surface area contributed by atoms with Crippen LogP contribution in [0.2, 0.25) is 5.02 Å². The summed E-state index contributed by atoms with van der Waals surface area (Å²) in [5.41, 5.74) is 2.07. The van der Waals surface area contributed by atoms with Crippen molar-refractivity contribution in [3.05, 3.63) is 83.3 Å². The highest BCUT2D eigenvalue weighted by Crippen LogP contribution is 2.26. The minimum absolute atomic E-state index is 0.0575. The highest BCUT2D eigenvalue weighted by atomic mass is 35.5. The van der Waals surface area contributed by atoms with Gasteiger partial charge >= 0.3 is 0 Å². The number of rotatable bonds is 4. The van der Waals surface area contributed by atoms with Crippen molar-refractivity contribution in [1.29, 1.82) is 0 Å². The van der Waals surface area contributed by atoms with Gasteiger partial charge in [0.05, 0.1) is 17.0 Å². The van der Waals surface area contributed by atoms with Crippen LogP contribution < -0.4 is 10.2 Å². The maximum Gasteiger partial charge on any atom is 0.291 e. The van der Waals surface area contributed by atoms with Gasteiger partial charge in [-0.1, -0.05) is 29.8 Å². The van der Waals surface area contributed by atoms with Crippen molar-refractivity contribution in [2.24, 2.45) is 0 Å². The van der Waals surface area contributed by atoms with E-state index in [4.69, 9.17) is 16.0 Å². The predicted octanol–water partition coefficient (Wildman–Crippen LogP) is 4.15. The molecule has 4 rings (SSSR count). The van der Waals surface area contributed by atoms with E-state index in [1.54, 1.807) is 36.4 Å². The molecule has 1 aromatic heterocycles. The number of furan rings is 1. The maximum absolute atomic E-state index is 12.9. The second-order valence-corrected chi connectivity index (χ2v) is 7.15. The number of hydrogen-bond acceptors (Lipinski definition) is 4. The van der Waals surface area contributed by atoms with Crippen LogP contribution in [0.1, 0.15) is 20.9 Å². The normalized spacial score (nSPS) is 14.0. The molecule has 2 heterocycles. The molecule has 148 valence electrons. The first-order valence-corrected chi connectivity index (χ1v) is 9.73. The van der Waals surface area contributed by atoms with Crippen molar-refractivity contribution in [2.75, 3.05) is 36.4 Å². The summed E-state index contributed by atoms with van der Waals surface area (Å²) in [6.07, 6.45) is 1.44. The number of nitrogens with zero attached hydrogens (tertiary/aromatic N) is 2. The molecule has 1 aliphatic rings. The minimum Gasteiger partial charge on any atom is -0.459 e. The molecule has 0 unspecified atom stereocenters. The first kappa shape index (κ1) is 19.1. The molecule has 1 aliphatic heterocycles. The van der Waals surface area contributed by atoms with Crippen molar-refractivity contribution in [2.45, 2.75) is 0 Å². The van der Waals surface area contributed by atoms with E-state index in [0.717, 1.165) is 5.69 Å². The quantitative estimate of drug-likeness (QED) is 0.703. The van der Waals surface area contributed by atoms with Gasteiger partial charge < -0.3 is 19.5 Å². The Kier molecular flexibility index (Phi) is 5.53. The second kappa shape index (κ2) is 8.41. The van der Waals surface area contributed by atoms with E-state index in [1.807, 2.05) is 29.2 Å². The molecule has 3 aromatic rings. The number of amides is 2. The number of hydrogen-bond donors (Lipinski definition) is 1. The summed E-state index contributed by atoms with van der Waals surface area (Å²) in [7, 11) is 0. The summed E-state index contributed by atoms with van der Waals surface area (Å²) in [5, 5.41) is 3.47. The summed E-state index contributed by atoms with van der Waals surface area (Å²) >= 11 is 6.28. The number of anilines is 2. The molecule has 29 heavy (non-hydrogen) atoms. The molecule has 0 radical (unpaired) electrons. The maximum atomic E-state index is 12.9. The lowest BCUT2D eigenvalue weighted by atomic mass is 10.1. The Morgan fingerprint density at radius 2 is 1.72 bits per heavy atom. The largest absolute Gasteiger partial charge is 0.459 e. The minimum atomic E-state index is -0.354. The average molecular weight is 410 g/mol. The first-order chi connectivity index (χ1) is 14.1. The van der Waals surface area contributed by atoms with Crippen LogP contribution in [0, 0.1) is 0 Å². The Hall–Kier alpha value is -3.25. The van der Waals surface area contributed by atoms with Crippen LogP contribution in [0.3, 0.4) is 0 Å². The molecule has 7 heteroatoms. The van der Waals surface area contributed by atoms with E-state index in [-0.39, 0.29) is 17.6 Å². The van der Waals surface area contributed by atoms with E-state index < -0.39 is 0 Å². The molecule has 0 bridgehead atoms. The topological polar surface area (TPSA) is 65.8 Å². The van der Waals surface area contributed by atoms with Gasteiger partial charge in [-0.2, -0.15) is 0 Å². The third-order valence-electron chi connectivity index (χ3n) is 4.87. The fourth-order valence-corrected chi connectivity index (χ4v) is 3.63. The zero-order chi connectivity index (χ0) is 20.2. The van der Waals surface area contributed by atoms with Crippen molar-refractivity contribution >= 4 is 34.8 Å². The molecule has 1 fully saturated rings. The van der Waals surface area contributed by atoms with Gasteiger partial charge in [0.25, 0.3) is 11.8 Å². The average Bonchev–Trinajstić information content (AvgIpc) is 3.29. The summed E-state index contributed by atoms with van der Waals surface area (Å²) in [6.45, 7) is 2.63. The lowest BCUT2D eigenvalue weighted by Gasteiger charge is -2.36. The second-order valence-electron chi connectivity index (χ2n) is 6.74. The Balaban J connectivity index is 1.40. The summed E-state index contributed by atoms with van der Waals surface area (Å²) < 4.78 is 5.09. The van der Waals surface area contributed by atoms with Gasteiger partial charge in [0.15, 0.2) is 5.76 Å². The van der Waals surface area contributed by atoms with Gasteiger partial charge in [0.2, 0.25) is 0 Å². The number of carbonyl (C=O) groups excluding carboxylic acids is 2. The Bertz CT molecular complexity index is 1010. The molecule has 0 aliphatic carbocycles. The molecular weight excluding hydrogens is 390 g/mol. The van der Waals surface area contributed by atoms with Gasteiger partial charge in [0, 0.05) is 37.4 Å². The summed E-state index contributed by atoms with van der Waals surface area (Å²) in [6, 6.07) is 17.9. The molecule has 0 spiro atoms. The highest BCUT2D eigenvalue weighted by Gasteiger charge is 2.23. The third-order valence-corrected chi connectivity index (χ3v) is 5.19. The molecule has 0 saturated carbocycles. The van der Waals surface area contributed by atoms with Gasteiger partial charge in [-0.05, 0) is 42.5 Å². The monoisotopic (exact) mass is 409 g/mol. The van der Waals surface area contributed by atoms with Gasteiger partial charge in [-0.15, -0.1) is 0 Å². The number of benzene rings is 2. The van der Waals surface area contributed by atoms with Crippen LogP contribution >= 0.6 is 11.6 Å². The number of carbonyl (C=O) groups is 2. The Morgan fingerprint density at radius 3 is 2.45 bits per heavy atom. The molecule has 0 atom stereocenters. The summed E-state index contributed by atoms with van der Waals surface area (Å²) in [4.78, 5) is 29.1. The van der Waals surface area contributed by atoms with E-state index in [9.17, 15) is 9.59 Å². The number of nitrogens with one attached hydrogen (secondary N) is 1. The number of piperazine rings is 1. The first-order valence-electron chi connectivity index (χ1n) is 9.35. The van der Waals surface area contributed by atoms with Crippen LogP contribution in [-0.4, -0.2) is 42.9 Å². The summed E-state index contributed by atoms with van der Waals surface area (Å²) in [5.74, 6) is -0.191. The molecule has 6 nitrogen and oxygen atoms in total. The van der Waals surface area contributed by atoms with Crippen LogP contribution in [0.25, 0.3) is 0 Å². The lowest BCUT2D eigenvalue weighted by molar-refractivity contribution is 0.0746. The fraction of sp³-hybridized carbons (Fsp3) is 0.182. The fourth-order valence-electron chi connectivity index (χ4n) is 3.37. The molecular formula is C22H20ClN3O3. The standard InChI is InChI=1S/C22H20ClN3O3/c23-18-7-1-2-8-19(18)25-10-12-26(13-11-25)22(28)16-5-3-6-17(15-16)24-21(27)20-9-4-14-29-20/h1-9,14-15H,10-13H2,(H,24,27). The smallest absolute Gasteiger partial charge is 0.291 e. The zero-order valence-electron chi connectivity index (χ0n) is 15.7. The van der Waals surface area contributed by atoms with E-state index in [1.165, 1.54) is 6.26 Å². The number of para-hydroxylation sites is 1. The van der Waals surface area contributed by atoms with Crippen molar-refractivity contribution in [1.82, 2.24) is 4.90 Å². The van der Waals surface area contributed by atoms with Crippen LogP contribution in [-0.2, 0) is 0 Å².